The zero-order valence-corrected chi connectivity index (χ0v) is 18.4. The molecule has 4 nitrogen and oxygen atoms in total. The fourth-order valence-corrected chi connectivity index (χ4v) is 3.85. The van der Waals surface area contributed by atoms with Crippen LogP contribution in [0.1, 0.15) is 38.3 Å². The Bertz CT molecular complexity index is 970. The van der Waals surface area contributed by atoms with Crippen molar-refractivity contribution in [1.29, 1.82) is 0 Å². The first-order valence-corrected chi connectivity index (χ1v) is 10.9. The van der Waals surface area contributed by atoms with Gasteiger partial charge in [-0.1, -0.05) is 41.5 Å². The minimum Gasteiger partial charge on any atom is -0.277 e. The van der Waals surface area contributed by atoms with Gasteiger partial charge >= 0.3 is 0 Å². The van der Waals surface area contributed by atoms with E-state index in [0.717, 1.165) is 17.7 Å². The standard InChI is InChI=1S/C19H24N2O2S.C4H5/c1-13-6-9-16(10-7-13)12-17-11-8-14(2)18(15(3)21-17)19(20-4)24(5,22)23;1-3-4-2/h6-7,9-11H,8,12H2,1-5H3;1,4H,2H3. The number of aliphatic imine (C=N–C) groups is 2. The van der Waals surface area contributed by atoms with E-state index in [1.54, 1.807) is 6.08 Å². The Labute approximate surface area is 169 Å². The van der Waals surface area contributed by atoms with Crippen LogP contribution in [0.15, 0.2) is 69.0 Å². The molecule has 0 unspecified atom stereocenters. The molecule has 1 aliphatic heterocycles. The monoisotopic (exact) mass is 397 g/mol. The van der Waals surface area contributed by atoms with Crippen molar-refractivity contribution >= 4 is 20.6 Å². The van der Waals surface area contributed by atoms with Gasteiger partial charge in [-0.2, -0.15) is 0 Å². The van der Waals surface area contributed by atoms with Gasteiger partial charge in [0.1, 0.15) is 0 Å². The lowest BCUT2D eigenvalue weighted by molar-refractivity contribution is 0.612. The van der Waals surface area contributed by atoms with Crippen LogP contribution in [0.2, 0.25) is 0 Å². The SMILES string of the molecule is CN=C(C1=C(C)CC=C(Cc2ccc(C)cc2)N=C1C)S(C)(=O)=O.[CH]=C=CC. The van der Waals surface area contributed by atoms with Gasteiger partial charge in [0.15, 0.2) is 14.9 Å². The molecule has 0 saturated heterocycles. The summed E-state index contributed by atoms with van der Waals surface area (Å²) in [7, 11) is -1.88. The zero-order chi connectivity index (χ0) is 21.3. The van der Waals surface area contributed by atoms with Crippen LogP contribution in [0.25, 0.3) is 0 Å². The van der Waals surface area contributed by atoms with Gasteiger partial charge in [-0.05, 0) is 52.3 Å². The Balaban J connectivity index is 0.000000892. The van der Waals surface area contributed by atoms with Gasteiger partial charge in [-0.25, -0.2) is 8.42 Å². The van der Waals surface area contributed by atoms with E-state index in [4.69, 9.17) is 6.58 Å². The van der Waals surface area contributed by atoms with E-state index >= 15 is 0 Å². The molecule has 0 N–H and O–H groups in total. The molecule has 0 spiro atoms. The van der Waals surface area contributed by atoms with Gasteiger partial charge in [-0.15, -0.1) is 5.73 Å². The van der Waals surface area contributed by atoms with Gasteiger partial charge in [0.2, 0.25) is 0 Å². The first-order chi connectivity index (χ1) is 13.1. The number of aryl methyl sites for hydroxylation is 1. The number of benzene rings is 1. The van der Waals surface area contributed by atoms with E-state index in [1.807, 2.05) is 20.8 Å². The van der Waals surface area contributed by atoms with Crippen molar-refractivity contribution in [3.63, 3.8) is 0 Å². The lowest BCUT2D eigenvalue weighted by atomic mass is 10.0. The summed E-state index contributed by atoms with van der Waals surface area (Å²) >= 11 is 0. The highest BCUT2D eigenvalue weighted by Gasteiger charge is 2.23. The normalized spacial score (nSPS) is 14.9. The first kappa shape index (κ1) is 23.5. The Hall–Kier alpha value is -2.49. The molecule has 149 valence electrons. The Morgan fingerprint density at radius 3 is 2.29 bits per heavy atom. The third kappa shape index (κ3) is 6.91. The van der Waals surface area contributed by atoms with Crippen LogP contribution < -0.4 is 0 Å². The fraction of sp³-hybridized carbons (Fsp3) is 0.348. The molecule has 0 aromatic heterocycles. The summed E-state index contributed by atoms with van der Waals surface area (Å²) in [5.74, 6) is 0. The van der Waals surface area contributed by atoms with Crippen molar-refractivity contribution in [1.82, 2.24) is 0 Å². The number of allylic oxidation sites excluding steroid dienone is 4. The summed E-state index contributed by atoms with van der Waals surface area (Å²) < 4.78 is 24.1. The molecule has 28 heavy (non-hydrogen) atoms. The zero-order valence-electron chi connectivity index (χ0n) is 17.6. The van der Waals surface area contributed by atoms with Gasteiger partial charge in [0.05, 0.1) is 0 Å². The third-order valence-corrected chi connectivity index (χ3v) is 5.27. The summed E-state index contributed by atoms with van der Waals surface area (Å²) in [5.41, 5.74) is 8.00. The summed E-state index contributed by atoms with van der Waals surface area (Å²) in [6, 6.07) is 8.37. The van der Waals surface area contributed by atoms with E-state index < -0.39 is 9.84 Å². The molecular formula is C23H29N2O2S. The molecule has 1 heterocycles. The summed E-state index contributed by atoms with van der Waals surface area (Å²) in [5, 5.41) is 0.117. The van der Waals surface area contributed by atoms with Crippen LogP contribution in [0.4, 0.5) is 0 Å². The average molecular weight is 398 g/mol. The van der Waals surface area contributed by atoms with Crippen LogP contribution in [0, 0.1) is 13.5 Å². The van der Waals surface area contributed by atoms with Crippen LogP contribution in [-0.4, -0.2) is 32.5 Å². The van der Waals surface area contributed by atoms with Crippen molar-refractivity contribution in [2.45, 2.75) is 40.5 Å². The maximum absolute atomic E-state index is 12.0. The molecule has 1 aliphatic rings. The van der Waals surface area contributed by atoms with Crippen LogP contribution in [0.3, 0.4) is 0 Å². The Morgan fingerprint density at radius 1 is 1.25 bits per heavy atom. The molecule has 1 aromatic carbocycles. The predicted molar refractivity (Wildman–Crippen MR) is 120 cm³/mol. The van der Waals surface area contributed by atoms with Crippen LogP contribution in [0.5, 0.6) is 0 Å². The topological polar surface area (TPSA) is 58.9 Å². The molecule has 1 aromatic rings. The van der Waals surface area contributed by atoms with Crippen molar-refractivity contribution in [3.8, 4) is 0 Å². The number of nitrogens with zero attached hydrogens (tertiary/aromatic N) is 2. The average Bonchev–Trinajstić information content (AvgIpc) is 2.76. The minimum atomic E-state index is -3.39. The Morgan fingerprint density at radius 2 is 1.82 bits per heavy atom. The fourth-order valence-electron chi connectivity index (χ4n) is 2.83. The maximum atomic E-state index is 12.0. The molecule has 0 atom stereocenters. The van der Waals surface area contributed by atoms with Gasteiger partial charge in [0, 0.05) is 36.7 Å². The second-order valence-electron chi connectivity index (χ2n) is 6.67. The molecule has 1 radical (unpaired) electrons. The minimum absolute atomic E-state index is 0.117. The van der Waals surface area contributed by atoms with E-state index in [1.165, 1.54) is 24.4 Å². The summed E-state index contributed by atoms with van der Waals surface area (Å²) in [6.45, 7) is 12.4. The number of rotatable bonds is 3. The van der Waals surface area contributed by atoms with Gasteiger partial charge in [0.25, 0.3) is 0 Å². The van der Waals surface area contributed by atoms with E-state index in [0.29, 0.717) is 17.7 Å². The molecule has 5 heteroatoms. The maximum Gasteiger partial charge on any atom is 0.192 e. The number of sulfone groups is 1. The van der Waals surface area contributed by atoms with E-state index in [9.17, 15) is 8.42 Å². The predicted octanol–water partition coefficient (Wildman–Crippen LogP) is 4.83. The van der Waals surface area contributed by atoms with Crippen molar-refractivity contribution < 1.29 is 8.42 Å². The largest absolute Gasteiger partial charge is 0.277 e. The third-order valence-electron chi connectivity index (χ3n) is 4.18. The molecule has 0 aliphatic carbocycles. The molecule has 0 saturated carbocycles. The lowest BCUT2D eigenvalue weighted by Crippen LogP contribution is -2.21. The first-order valence-electron chi connectivity index (χ1n) is 9.05. The second-order valence-corrected chi connectivity index (χ2v) is 8.60. The molecule has 0 bridgehead atoms. The van der Waals surface area contributed by atoms with Crippen molar-refractivity contribution in [3.05, 3.63) is 76.7 Å². The van der Waals surface area contributed by atoms with Gasteiger partial charge < -0.3 is 0 Å². The van der Waals surface area contributed by atoms with Crippen LogP contribution >= 0.6 is 0 Å². The van der Waals surface area contributed by atoms with Crippen LogP contribution in [-0.2, 0) is 16.3 Å². The second kappa shape index (κ2) is 10.7. The number of hydrogen-bond acceptors (Lipinski definition) is 4. The molecule has 0 amide bonds. The van der Waals surface area contributed by atoms with Crippen molar-refractivity contribution in [2.75, 3.05) is 13.3 Å². The Kier molecular flexibility index (Phi) is 9.04. The molecule has 2 rings (SSSR count). The lowest BCUT2D eigenvalue weighted by Gasteiger charge is -2.11. The van der Waals surface area contributed by atoms with Gasteiger partial charge in [-0.3, -0.25) is 9.98 Å². The van der Waals surface area contributed by atoms with E-state index in [2.05, 4.69) is 53.0 Å². The quantitative estimate of drug-likeness (QED) is 0.417. The van der Waals surface area contributed by atoms with Crippen molar-refractivity contribution in [2.24, 2.45) is 9.98 Å². The number of hydrogen-bond donors (Lipinski definition) is 0. The van der Waals surface area contributed by atoms with E-state index in [-0.39, 0.29) is 5.04 Å². The molecule has 0 fully saturated rings. The highest BCUT2D eigenvalue weighted by molar-refractivity contribution is 8.06. The summed E-state index contributed by atoms with van der Waals surface area (Å²) in [6.07, 6.45) is 6.32. The summed E-state index contributed by atoms with van der Waals surface area (Å²) in [4.78, 5) is 8.69. The highest BCUT2D eigenvalue weighted by Crippen LogP contribution is 2.23. The molecular weight excluding hydrogens is 368 g/mol. The highest BCUT2D eigenvalue weighted by atomic mass is 32.2. The smallest absolute Gasteiger partial charge is 0.192 e.